The Balaban J connectivity index is 1.72. The molecule has 1 aliphatic heterocycles. The Labute approximate surface area is 149 Å². The van der Waals surface area contributed by atoms with Crippen molar-refractivity contribution >= 4 is 38.0 Å². The van der Waals surface area contributed by atoms with Gasteiger partial charge in [0.2, 0.25) is 0 Å². The van der Waals surface area contributed by atoms with Gasteiger partial charge in [-0.05, 0) is 44.0 Å². The quantitative estimate of drug-likeness (QED) is 0.843. The van der Waals surface area contributed by atoms with Crippen LogP contribution in [0, 0.1) is 6.92 Å². The molecule has 1 aliphatic rings. The van der Waals surface area contributed by atoms with E-state index in [1.165, 1.54) is 6.26 Å². The fourth-order valence-corrected chi connectivity index (χ4v) is 5.85. The molecule has 1 unspecified atom stereocenters. The van der Waals surface area contributed by atoms with E-state index < -0.39 is 21.3 Å². The maximum absolute atomic E-state index is 12.5. The van der Waals surface area contributed by atoms with Crippen LogP contribution < -0.4 is 10.6 Å². The zero-order chi connectivity index (χ0) is 18.2. The zero-order valence-electron chi connectivity index (χ0n) is 13.8. The Morgan fingerprint density at radius 1 is 1.32 bits per heavy atom. The molecule has 0 radical (unpaired) electrons. The number of thiophene rings is 1. The van der Waals surface area contributed by atoms with Crippen LogP contribution in [0.25, 0.3) is 0 Å². The molecule has 0 saturated carbocycles. The zero-order valence-corrected chi connectivity index (χ0v) is 15.4. The maximum atomic E-state index is 12.5. The van der Waals surface area contributed by atoms with E-state index >= 15 is 0 Å². The largest absolute Gasteiger partial charge is 0.459 e. The van der Waals surface area contributed by atoms with Crippen LogP contribution in [0.5, 0.6) is 0 Å². The number of hydrogen-bond acceptors (Lipinski definition) is 6. The SMILES string of the molecule is Cc1cc(NC(=O)c2ccco2)sc1C(=O)NC1(C)CCS(=O)(=O)C1. The summed E-state index contributed by atoms with van der Waals surface area (Å²) in [6.07, 6.45) is 1.80. The third-order valence-corrected chi connectivity index (χ3v) is 7.08. The van der Waals surface area contributed by atoms with Crippen LogP contribution in [0.2, 0.25) is 0 Å². The van der Waals surface area contributed by atoms with E-state index in [1.54, 1.807) is 32.0 Å². The van der Waals surface area contributed by atoms with Crippen molar-refractivity contribution in [2.45, 2.75) is 25.8 Å². The first-order chi connectivity index (χ1) is 11.7. The predicted octanol–water partition coefficient (Wildman–Crippen LogP) is 2.21. The minimum absolute atomic E-state index is 0.0573. The summed E-state index contributed by atoms with van der Waals surface area (Å²) >= 11 is 1.14. The summed E-state index contributed by atoms with van der Waals surface area (Å²) in [6.45, 7) is 3.50. The molecule has 0 aromatic carbocycles. The van der Waals surface area contributed by atoms with Crippen LogP contribution in [0.4, 0.5) is 5.00 Å². The van der Waals surface area contributed by atoms with Gasteiger partial charge in [0.1, 0.15) is 0 Å². The Morgan fingerprint density at radius 2 is 2.08 bits per heavy atom. The van der Waals surface area contributed by atoms with E-state index in [4.69, 9.17) is 4.42 Å². The number of aryl methyl sites for hydroxylation is 1. The molecule has 2 N–H and O–H groups in total. The molecule has 2 amide bonds. The van der Waals surface area contributed by atoms with Gasteiger partial charge in [0, 0.05) is 0 Å². The van der Waals surface area contributed by atoms with Crippen LogP contribution in [0.15, 0.2) is 28.9 Å². The van der Waals surface area contributed by atoms with E-state index in [0.717, 1.165) is 11.3 Å². The van der Waals surface area contributed by atoms with Crippen molar-refractivity contribution in [3.05, 3.63) is 40.7 Å². The average Bonchev–Trinajstić information content (AvgIpc) is 3.19. The number of nitrogens with one attached hydrogen (secondary N) is 2. The van der Waals surface area contributed by atoms with Gasteiger partial charge in [0.25, 0.3) is 11.8 Å². The standard InChI is InChI=1S/C16H18N2O5S2/c1-10-8-12(17-14(19)11-4-3-6-23-11)24-13(10)15(20)18-16(2)5-7-25(21,22)9-16/h3-4,6,8H,5,7,9H2,1-2H3,(H,17,19)(H,18,20). The normalized spacial score (nSPS) is 21.8. The highest BCUT2D eigenvalue weighted by Gasteiger charge is 2.40. The number of furan rings is 1. The second-order valence-corrected chi connectivity index (χ2v) is 9.65. The van der Waals surface area contributed by atoms with Crippen molar-refractivity contribution in [2.24, 2.45) is 0 Å². The van der Waals surface area contributed by atoms with Crippen molar-refractivity contribution < 1.29 is 22.4 Å². The number of amides is 2. The summed E-state index contributed by atoms with van der Waals surface area (Å²) in [4.78, 5) is 25.0. The third kappa shape index (κ3) is 3.93. The summed E-state index contributed by atoms with van der Waals surface area (Å²) in [5.74, 6) is -0.524. The molecule has 134 valence electrons. The van der Waals surface area contributed by atoms with Gasteiger partial charge in [0.15, 0.2) is 15.6 Å². The Hall–Kier alpha value is -2.13. The third-order valence-electron chi connectivity index (χ3n) is 4.02. The number of sulfone groups is 1. The lowest BCUT2D eigenvalue weighted by molar-refractivity contribution is 0.0918. The molecule has 0 aliphatic carbocycles. The molecule has 0 spiro atoms. The van der Waals surface area contributed by atoms with Crippen LogP contribution in [0.3, 0.4) is 0 Å². The van der Waals surface area contributed by atoms with Gasteiger partial charge < -0.3 is 15.1 Å². The van der Waals surface area contributed by atoms with Crippen molar-refractivity contribution in [1.29, 1.82) is 0 Å². The lowest BCUT2D eigenvalue weighted by Crippen LogP contribution is -2.46. The number of rotatable bonds is 4. The summed E-state index contributed by atoms with van der Waals surface area (Å²) in [5.41, 5.74) is -0.0501. The molecule has 25 heavy (non-hydrogen) atoms. The molecular weight excluding hydrogens is 364 g/mol. The molecule has 1 atom stereocenters. The molecule has 3 rings (SSSR count). The highest BCUT2D eigenvalue weighted by Crippen LogP contribution is 2.29. The summed E-state index contributed by atoms with van der Waals surface area (Å²) in [7, 11) is -3.11. The lowest BCUT2D eigenvalue weighted by Gasteiger charge is -2.23. The first-order valence-electron chi connectivity index (χ1n) is 7.66. The topological polar surface area (TPSA) is 105 Å². The van der Waals surface area contributed by atoms with Gasteiger partial charge in [-0.2, -0.15) is 0 Å². The maximum Gasteiger partial charge on any atom is 0.291 e. The fraction of sp³-hybridized carbons (Fsp3) is 0.375. The molecule has 1 fully saturated rings. The second-order valence-electron chi connectivity index (χ2n) is 6.41. The van der Waals surface area contributed by atoms with Crippen molar-refractivity contribution in [3.63, 3.8) is 0 Å². The first-order valence-corrected chi connectivity index (χ1v) is 10.3. The number of anilines is 1. The van der Waals surface area contributed by atoms with E-state index in [2.05, 4.69) is 10.6 Å². The lowest BCUT2D eigenvalue weighted by atomic mass is 10.0. The Kier molecular flexibility index (Phi) is 4.46. The van der Waals surface area contributed by atoms with Gasteiger partial charge in [-0.1, -0.05) is 0 Å². The predicted molar refractivity (Wildman–Crippen MR) is 94.9 cm³/mol. The van der Waals surface area contributed by atoms with Gasteiger partial charge >= 0.3 is 0 Å². The molecule has 2 aromatic rings. The molecular formula is C16H18N2O5S2. The highest BCUT2D eigenvalue weighted by atomic mass is 32.2. The van der Waals surface area contributed by atoms with E-state index in [0.29, 0.717) is 21.9 Å². The minimum atomic E-state index is -3.11. The first kappa shape index (κ1) is 17.7. The molecule has 9 heteroatoms. The van der Waals surface area contributed by atoms with Gasteiger partial charge in [-0.25, -0.2) is 8.42 Å². The average molecular weight is 382 g/mol. The van der Waals surface area contributed by atoms with Crippen molar-refractivity contribution in [3.8, 4) is 0 Å². The summed E-state index contributed by atoms with van der Waals surface area (Å²) in [6, 6.07) is 4.86. The minimum Gasteiger partial charge on any atom is -0.459 e. The highest BCUT2D eigenvalue weighted by molar-refractivity contribution is 7.91. The van der Waals surface area contributed by atoms with Crippen LogP contribution in [0.1, 0.15) is 39.1 Å². The van der Waals surface area contributed by atoms with Crippen LogP contribution in [-0.2, 0) is 9.84 Å². The molecule has 2 aromatic heterocycles. The summed E-state index contributed by atoms with van der Waals surface area (Å²) < 4.78 is 28.4. The van der Waals surface area contributed by atoms with Crippen LogP contribution >= 0.6 is 11.3 Å². The van der Waals surface area contributed by atoms with Crippen molar-refractivity contribution in [2.75, 3.05) is 16.8 Å². The van der Waals surface area contributed by atoms with E-state index in [-0.39, 0.29) is 23.2 Å². The Morgan fingerprint density at radius 3 is 2.68 bits per heavy atom. The molecule has 3 heterocycles. The monoisotopic (exact) mass is 382 g/mol. The van der Waals surface area contributed by atoms with Gasteiger partial charge in [0.05, 0.1) is 33.2 Å². The van der Waals surface area contributed by atoms with Gasteiger partial charge in [-0.3, -0.25) is 9.59 Å². The molecule has 7 nitrogen and oxygen atoms in total. The number of carbonyl (C=O) groups is 2. The molecule has 1 saturated heterocycles. The fourth-order valence-electron chi connectivity index (χ4n) is 2.79. The second kappa shape index (κ2) is 6.30. The van der Waals surface area contributed by atoms with Crippen molar-refractivity contribution in [1.82, 2.24) is 5.32 Å². The molecule has 0 bridgehead atoms. The van der Waals surface area contributed by atoms with Gasteiger partial charge in [-0.15, -0.1) is 11.3 Å². The Bertz CT molecular complexity index is 914. The number of carbonyl (C=O) groups excluding carboxylic acids is 2. The summed E-state index contributed by atoms with van der Waals surface area (Å²) in [5, 5.41) is 6.03. The smallest absolute Gasteiger partial charge is 0.291 e. The van der Waals surface area contributed by atoms with Crippen LogP contribution in [-0.4, -0.2) is 37.3 Å². The van der Waals surface area contributed by atoms with E-state index in [1.807, 2.05) is 0 Å². The van der Waals surface area contributed by atoms with E-state index in [9.17, 15) is 18.0 Å². The number of hydrogen-bond donors (Lipinski definition) is 2.